The van der Waals surface area contributed by atoms with Gasteiger partial charge in [-0.15, -0.1) is 0 Å². The van der Waals surface area contributed by atoms with Gasteiger partial charge in [0.25, 0.3) is 0 Å². The summed E-state index contributed by atoms with van der Waals surface area (Å²) in [6, 6.07) is 15.9. The van der Waals surface area contributed by atoms with Crippen LogP contribution < -0.4 is 5.32 Å². The Morgan fingerprint density at radius 3 is 2.62 bits per heavy atom. The zero-order valence-electron chi connectivity index (χ0n) is 11.7. The van der Waals surface area contributed by atoms with Gasteiger partial charge in [0.05, 0.1) is 11.4 Å². The molecule has 0 fully saturated rings. The van der Waals surface area contributed by atoms with E-state index in [9.17, 15) is 0 Å². The lowest BCUT2D eigenvalue weighted by molar-refractivity contribution is 0.571. The second kappa shape index (κ2) is 6.81. The van der Waals surface area contributed by atoms with E-state index in [4.69, 9.17) is 4.42 Å². The fraction of sp³-hybridized carbons (Fsp3) is 0.176. The SMILES string of the molecule is c1ccc(-c2nc(CCNCc3ccccn3)co2)cc1. The number of hydrogen-bond acceptors (Lipinski definition) is 4. The van der Waals surface area contributed by atoms with E-state index in [0.717, 1.165) is 36.5 Å². The molecule has 3 rings (SSSR count). The van der Waals surface area contributed by atoms with Crippen LogP contribution in [0.3, 0.4) is 0 Å². The van der Waals surface area contributed by atoms with Crippen molar-refractivity contribution in [2.45, 2.75) is 13.0 Å². The van der Waals surface area contributed by atoms with Gasteiger partial charge >= 0.3 is 0 Å². The standard InChI is InChI=1S/C17H17N3O/c1-2-6-14(7-3-1)17-20-16(13-21-17)9-11-18-12-15-8-4-5-10-19-15/h1-8,10,13,18H,9,11-12H2. The second-order valence-corrected chi connectivity index (χ2v) is 4.76. The van der Waals surface area contributed by atoms with E-state index in [2.05, 4.69) is 15.3 Å². The van der Waals surface area contributed by atoms with E-state index in [0.29, 0.717) is 5.89 Å². The molecule has 0 amide bonds. The Morgan fingerprint density at radius 2 is 1.81 bits per heavy atom. The molecule has 0 bridgehead atoms. The molecule has 106 valence electrons. The third-order valence-corrected chi connectivity index (χ3v) is 3.16. The molecule has 0 saturated carbocycles. The molecular formula is C17H17N3O. The van der Waals surface area contributed by atoms with Crippen LogP contribution in [0, 0.1) is 0 Å². The molecule has 0 unspecified atom stereocenters. The van der Waals surface area contributed by atoms with Crippen LogP contribution in [0.4, 0.5) is 0 Å². The number of benzene rings is 1. The molecular weight excluding hydrogens is 262 g/mol. The Hall–Kier alpha value is -2.46. The minimum Gasteiger partial charge on any atom is -0.444 e. The summed E-state index contributed by atoms with van der Waals surface area (Å²) in [5.74, 6) is 0.676. The minimum absolute atomic E-state index is 0.676. The predicted molar refractivity (Wildman–Crippen MR) is 81.6 cm³/mol. The summed E-state index contributed by atoms with van der Waals surface area (Å²) in [5.41, 5.74) is 3.01. The summed E-state index contributed by atoms with van der Waals surface area (Å²) in [6.07, 6.45) is 4.37. The first-order valence-corrected chi connectivity index (χ1v) is 7.02. The molecule has 0 aliphatic rings. The summed E-state index contributed by atoms with van der Waals surface area (Å²) in [7, 11) is 0. The molecule has 0 saturated heterocycles. The van der Waals surface area contributed by atoms with Gasteiger partial charge in [-0.1, -0.05) is 24.3 Å². The number of hydrogen-bond donors (Lipinski definition) is 1. The van der Waals surface area contributed by atoms with Crippen LogP contribution in [0.25, 0.3) is 11.5 Å². The maximum atomic E-state index is 5.51. The number of nitrogens with zero attached hydrogens (tertiary/aromatic N) is 2. The van der Waals surface area contributed by atoms with Gasteiger partial charge in [0.1, 0.15) is 6.26 Å². The highest BCUT2D eigenvalue weighted by molar-refractivity contribution is 5.52. The lowest BCUT2D eigenvalue weighted by atomic mass is 10.2. The Balaban J connectivity index is 1.49. The number of aromatic nitrogens is 2. The Kier molecular flexibility index (Phi) is 4.39. The van der Waals surface area contributed by atoms with E-state index in [1.54, 1.807) is 12.5 Å². The molecule has 1 N–H and O–H groups in total. The molecule has 2 heterocycles. The maximum absolute atomic E-state index is 5.51. The summed E-state index contributed by atoms with van der Waals surface area (Å²) in [4.78, 5) is 8.77. The van der Waals surface area contributed by atoms with Crippen molar-refractivity contribution < 1.29 is 4.42 Å². The summed E-state index contributed by atoms with van der Waals surface area (Å²) < 4.78 is 5.51. The molecule has 0 spiro atoms. The zero-order chi connectivity index (χ0) is 14.3. The lowest BCUT2D eigenvalue weighted by Gasteiger charge is -2.02. The minimum atomic E-state index is 0.676. The highest BCUT2D eigenvalue weighted by atomic mass is 16.3. The number of rotatable bonds is 6. The third-order valence-electron chi connectivity index (χ3n) is 3.16. The number of oxazole rings is 1. The third kappa shape index (κ3) is 3.77. The van der Waals surface area contributed by atoms with E-state index >= 15 is 0 Å². The summed E-state index contributed by atoms with van der Waals surface area (Å²) >= 11 is 0. The molecule has 21 heavy (non-hydrogen) atoms. The van der Waals surface area contributed by atoms with Crippen molar-refractivity contribution in [2.75, 3.05) is 6.54 Å². The van der Waals surface area contributed by atoms with E-state index in [-0.39, 0.29) is 0 Å². The fourth-order valence-corrected chi connectivity index (χ4v) is 2.07. The Morgan fingerprint density at radius 1 is 0.952 bits per heavy atom. The largest absolute Gasteiger partial charge is 0.444 e. The van der Waals surface area contributed by atoms with Crippen molar-refractivity contribution in [2.24, 2.45) is 0 Å². The van der Waals surface area contributed by atoms with Crippen molar-refractivity contribution in [3.63, 3.8) is 0 Å². The quantitative estimate of drug-likeness (QED) is 0.705. The molecule has 2 aromatic heterocycles. The summed E-state index contributed by atoms with van der Waals surface area (Å²) in [6.45, 7) is 1.61. The molecule has 4 heteroatoms. The molecule has 3 aromatic rings. The first-order valence-electron chi connectivity index (χ1n) is 7.02. The molecule has 0 atom stereocenters. The maximum Gasteiger partial charge on any atom is 0.226 e. The number of pyridine rings is 1. The lowest BCUT2D eigenvalue weighted by Crippen LogP contribution is -2.17. The monoisotopic (exact) mass is 279 g/mol. The highest BCUT2D eigenvalue weighted by Gasteiger charge is 2.05. The van der Waals surface area contributed by atoms with Crippen molar-refractivity contribution >= 4 is 0 Å². The van der Waals surface area contributed by atoms with Crippen molar-refractivity contribution in [1.29, 1.82) is 0 Å². The first-order chi connectivity index (χ1) is 10.4. The van der Waals surface area contributed by atoms with Crippen LogP contribution in [0.5, 0.6) is 0 Å². The topological polar surface area (TPSA) is 51.0 Å². The smallest absolute Gasteiger partial charge is 0.226 e. The van der Waals surface area contributed by atoms with Gasteiger partial charge in [-0.05, 0) is 24.3 Å². The van der Waals surface area contributed by atoms with Crippen LogP contribution in [-0.2, 0) is 13.0 Å². The van der Waals surface area contributed by atoms with Gasteiger partial charge in [0.15, 0.2) is 0 Å². The van der Waals surface area contributed by atoms with Crippen LogP contribution in [-0.4, -0.2) is 16.5 Å². The Labute approximate surface area is 123 Å². The van der Waals surface area contributed by atoms with Crippen molar-refractivity contribution in [1.82, 2.24) is 15.3 Å². The molecule has 0 radical (unpaired) electrons. The first kappa shape index (κ1) is 13.5. The van der Waals surface area contributed by atoms with E-state index < -0.39 is 0 Å². The Bertz CT molecular complexity index is 665. The average molecular weight is 279 g/mol. The van der Waals surface area contributed by atoms with E-state index in [1.165, 1.54) is 0 Å². The van der Waals surface area contributed by atoms with E-state index in [1.807, 2.05) is 48.5 Å². The van der Waals surface area contributed by atoms with Gasteiger partial charge in [-0.3, -0.25) is 4.98 Å². The average Bonchev–Trinajstić information content (AvgIpc) is 3.02. The normalized spacial score (nSPS) is 10.7. The van der Waals surface area contributed by atoms with Crippen LogP contribution in [0.15, 0.2) is 65.4 Å². The molecule has 4 nitrogen and oxygen atoms in total. The van der Waals surface area contributed by atoms with Crippen molar-refractivity contribution in [3.8, 4) is 11.5 Å². The van der Waals surface area contributed by atoms with Crippen molar-refractivity contribution in [3.05, 3.63) is 72.4 Å². The zero-order valence-corrected chi connectivity index (χ0v) is 11.7. The molecule has 1 aromatic carbocycles. The van der Waals surface area contributed by atoms with Crippen LogP contribution in [0.1, 0.15) is 11.4 Å². The summed E-state index contributed by atoms with van der Waals surface area (Å²) in [5, 5.41) is 3.36. The van der Waals surface area contributed by atoms with Crippen LogP contribution in [0.2, 0.25) is 0 Å². The highest BCUT2D eigenvalue weighted by Crippen LogP contribution is 2.17. The van der Waals surface area contributed by atoms with Crippen LogP contribution >= 0.6 is 0 Å². The number of nitrogens with one attached hydrogen (secondary N) is 1. The van der Waals surface area contributed by atoms with Gasteiger partial charge < -0.3 is 9.73 Å². The second-order valence-electron chi connectivity index (χ2n) is 4.76. The van der Waals surface area contributed by atoms with Gasteiger partial charge in [0.2, 0.25) is 5.89 Å². The van der Waals surface area contributed by atoms with Gasteiger partial charge in [0, 0.05) is 31.3 Å². The molecule has 0 aliphatic heterocycles. The predicted octanol–water partition coefficient (Wildman–Crippen LogP) is 3.07. The van der Waals surface area contributed by atoms with Gasteiger partial charge in [-0.25, -0.2) is 4.98 Å². The van der Waals surface area contributed by atoms with Gasteiger partial charge in [-0.2, -0.15) is 0 Å². The fourth-order valence-electron chi connectivity index (χ4n) is 2.07. The molecule has 0 aliphatic carbocycles.